The van der Waals surface area contributed by atoms with Crippen LogP contribution in [0.5, 0.6) is 0 Å². The molecule has 1 aliphatic heterocycles. The third-order valence-electron chi connectivity index (χ3n) is 4.96. The molecular weight excluding hydrogens is 458 g/mol. The van der Waals surface area contributed by atoms with Crippen molar-refractivity contribution in [3.63, 3.8) is 0 Å². The smallest absolute Gasteiger partial charge is 0.257 e. The molecule has 1 atom stereocenters. The topological polar surface area (TPSA) is 70.4 Å². The van der Waals surface area contributed by atoms with Gasteiger partial charge in [-0.3, -0.25) is 9.69 Å². The van der Waals surface area contributed by atoms with Crippen LogP contribution < -0.4 is 15.5 Å². The highest BCUT2D eigenvalue weighted by molar-refractivity contribution is 7.80. The van der Waals surface area contributed by atoms with Crippen molar-refractivity contribution in [2.45, 2.75) is 19.9 Å². The predicted octanol–water partition coefficient (Wildman–Crippen LogP) is 5.26. The first-order chi connectivity index (χ1) is 15.2. The number of nitrogens with one attached hydrogen (secondary N) is 2. The molecule has 1 amide bonds. The molecule has 164 valence electrons. The summed E-state index contributed by atoms with van der Waals surface area (Å²) >= 11 is 11.5. The molecule has 1 aromatic heterocycles. The van der Waals surface area contributed by atoms with Crippen LogP contribution in [0.2, 0.25) is 5.02 Å². The predicted molar refractivity (Wildman–Crippen MR) is 121 cm³/mol. The van der Waals surface area contributed by atoms with Gasteiger partial charge in [-0.2, -0.15) is 0 Å². The van der Waals surface area contributed by atoms with Gasteiger partial charge in [0, 0.05) is 17.5 Å². The summed E-state index contributed by atoms with van der Waals surface area (Å²) in [5, 5.41) is 9.82. The summed E-state index contributed by atoms with van der Waals surface area (Å²) in [6.07, 6.45) is 0. The van der Waals surface area contributed by atoms with Crippen molar-refractivity contribution < 1.29 is 18.1 Å². The molecule has 1 aliphatic rings. The molecule has 0 saturated carbocycles. The average molecular weight is 475 g/mol. The number of carbonyl (C=O) groups is 1. The number of benzene rings is 2. The van der Waals surface area contributed by atoms with Gasteiger partial charge < -0.3 is 15.2 Å². The number of halogens is 3. The van der Waals surface area contributed by atoms with E-state index in [0.717, 1.165) is 0 Å². The van der Waals surface area contributed by atoms with Crippen LogP contribution >= 0.6 is 23.8 Å². The molecule has 6 nitrogen and oxygen atoms in total. The van der Waals surface area contributed by atoms with E-state index in [1.807, 2.05) is 0 Å². The number of carbonyl (C=O) groups excluding carboxylic acids is 1. The largest absolute Gasteiger partial charge is 0.360 e. The highest BCUT2D eigenvalue weighted by Crippen LogP contribution is 2.35. The maximum absolute atomic E-state index is 13.7. The number of aromatic nitrogens is 1. The second-order valence-electron chi connectivity index (χ2n) is 7.14. The lowest BCUT2D eigenvalue weighted by atomic mass is 9.94. The zero-order valence-corrected chi connectivity index (χ0v) is 18.5. The summed E-state index contributed by atoms with van der Waals surface area (Å²) < 4.78 is 32.2. The zero-order valence-electron chi connectivity index (χ0n) is 16.9. The first-order valence-corrected chi connectivity index (χ1v) is 10.3. The van der Waals surface area contributed by atoms with E-state index in [9.17, 15) is 13.6 Å². The van der Waals surface area contributed by atoms with E-state index < -0.39 is 23.6 Å². The summed E-state index contributed by atoms with van der Waals surface area (Å²) in [5.74, 6) is -0.656. The van der Waals surface area contributed by atoms with Crippen molar-refractivity contribution in [1.82, 2.24) is 10.5 Å². The number of hydrogen-bond donors (Lipinski definition) is 2. The number of anilines is 2. The fourth-order valence-electron chi connectivity index (χ4n) is 3.49. The molecule has 32 heavy (non-hydrogen) atoms. The normalized spacial score (nSPS) is 16.2. The highest BCUT2D eigenvalue weighted by atomic mass is 35.5. The quantitative estimate of drug-likeness (QED) is 0.502. The van der Waals surface area contributed by atoms with E-state index in [0.29, 0.717) is 28.3 Å². The number of hydrogen-bond acceptors (Lipinski definition) is 4. The van der Waals surface area contributed by atoms with Crippen LogP contribution in [0.25, 0.3) is 0 Å². The molecule has 4 rings (SSSR count). The van der Waals surface area contributed by atoms with Crippen LogP contribution in [0.4, 0.5) is 20.3 Å². The van der Waals surface area contributed by atoms with E-state index in [1.165, 1.54) is 30.3 Å². The molecule has 2 aromatic carbocycles. The van der Waals surface area contributed by atoms with Gasteiger partial charge in [0.15, 0.2) is 10.9 Å². The van der Waals surface area contributed by atoms with Crippen LogP contribution in [0.3, 0.4) is 0 Å². The molecule has 2 heterocycles. The van der Waals surface area contributed by atoms with E-state index in [4.69, 9.17) is 28.3 Å². The number of rotatable bonds is 4. The van der Waals surface area contributed by atoms with E-state index in [-0.39, 0.29) is 16.0 Å². The molecule has 3 aromatic rings. The van der Waals surface area contributed by atoms with E-state index in [1.54, 1.807) is 36.9 Å². The number of nitrogens with zero attached hydrogens (tertiary/aromatic N) is 2. The Morgan fingerprint density at radius 1 is 1.19 bits per heavy atom. The fourth-order valence-corrected chi connectivity index (χ4v) is 4.02. The van der Waals surface area contributed by atoms with Gasteiger partial charge in [-0.05, 0) is 62.0 Å². The Balaban J connectivity index is 1.81. The van der Waals surface area contributed by atoms with Gasteiger partial charge in [0.2, 0.25) is 0 Å². The van der Waals surface area contributed by atoms with Crippen LogP contribution in [0, 0.1) is 18.6 Å². The minimum Gasteiger partial charge on any atom is -0.360 e. The highest BCUT2D eigenvalue weighted by Gasteiger charge is 2.35. The van der Waals surface area contributed by atoms with Crippen molar-refractivity contribution in [1.29, 1.82) is 0 Å². The first-order valence-electron chi connectivity index (χ1n) is 9.51. The van der Waals surface area contributed by atoms with Gasteiger partial charge in [0.05, 0.1) is 16.6 Å². The molecule has 0 fully saturated rings. The van der Waals surface area contributed by atoms with Crippen LogP contribution in [0.1, 0.15) is 24.3 Å². The van der Waals surface area contributed by atoms with Crippen molar-refractivity contribution >= 4 is 46.3 Å². The van der Waals surface area contributed by atoms with Crippen molar-refractivity contribution in [3.05, 3.63) is 87.8 Å². The van der Waals surface area contributed by atoms with Gasteiger partial charge >= 0.3 is 0 Å². The SMILES string of the molecule is CC1=C(C(=O)Nc2cc(C)on2)C(c2ccc(F)cc2)NC(=S)N1c1ccc(F)c(Cl)c1. The average Bonchev–Trinajstić information content (AvgIpc) is 3.15. The van der Waals surface area contributed by atoms with Crippen LogP contribution in [0.15, 0.2) is 64.3 Å². The number of amides is 1. The van der Waals surface area contributed by atoms with Crippen LogP contribution in [-0.2, 0) is 4.79 Å². The Bertz CT molecular complexity index is 1240. The van der Waals surface area contributed by atoms with Gasteiger partial charge in [-0.15, -0.1) is 0 Å². The molecule has 1 unspecified atom stereocenters. The second kappa shape index (κ2) is 8.68. The third-order valence-corrected chi connectivity index (χ3v) is 5.55. The minimum atomic E-state index is -0.664. The van der Waals surface area contributed by atoms with Crippen LogP contribution in [-0.4, -0.2) is 16.2 Å². The zero-order chi connectivity index (χ0) is 23.0. The number of allylic oxidation sites excluding steroid dienone is 1. The van der Waals surface area contributed by atoms with Crippen molar-refractivity contribution in [2.75, 3.05) is 10.2 Å². The molecular formula is C22H17ClF2N4O2S. The number of aryl methyl sites for hydroxylation is 1. The Morgan fingerprint density at radius 2 is 1.91 bits per heavy atom. The molecule has 0 spiro atoms. The molecule has 2 N–H and O–H groups in total. The van der Waals surface area contributed by atoms with Gasteiger partial charge in [0.1, 0.15) is 17.4 Å². The standard InChI is InChI=1S/C22H17ClF2N4O2S/c1-11-9-18(28-31-11)26-21(30)19-12(2)29(15-7-8-17(25)16(23)10-15)22(32)27-20(19)13-3-5-14(24)6-4-13/h3-10,20H,1-2H3,(H,27,32)(H,26,28,30). The van der Waals surface area contributed by atoms with Gasteiger partial charge in [-0.25, -0.2) is 8.78 Å². The Morgan fingerprint density at radius 3 is 2.53 bits per heavy atom. The monoisotopic (exact) mass is 474 g/mol. The lowest BCUT2D eigenvalue weighted by molar-refractivity contribution is -0.113. The Labute approximate surface area is 192 Å². The molecule has 0 bridgehead atoms. The summed E-state index contributed by atoms with van der Waals surface area (Å²) in [6, 6.07) is 10.8. The minimum absolute atomic E-state index is 0.0807. The lowest BCUT2D eigenvalue weighted by Crippen LogP contribution is -2.48. The maximum atomic E-state index is 13.7. The van der Waals surface area contributed by atoms with Gasteiger partial charge in [0.25, 0.3) is 5.91 Å². The van der Waals surface area contributed by atoms with Gasteiger partial charge in [-0.1, -0.05) is 28.9 Å². The summed E-state index contributed by atoms with van der Waals surface area (Å²) in [7, 11) is 0. The molecule has 0 aliphatic carbocycles. The summed E-state index contributed by atoms with van der Waals surface area (Å²) in [4.78, 5) is 14.9. The molecule has 0 saturated heterocycles. The fraction of sp³-hybridized carbons (Fsp3) is 0.136. The maximum Gasteiger partial charge on any atom is 0.257 e. The first kappa shape index (κ1) is 21.9. The Hall–Kier alpha value is -3.30. The molecule has 10 heteroatoms. The lowest BCUT2D eigenvalue weighted by Gasteiger charge is -2.38. The van der Waals surface area contributed by atoms with E-state index in [2.05, 4.69) is 15.8 Å². The number of thiocarbonyl (C=S) groups is 1. The summed E-state index contributed by atoms with van der Waals surface area (Å²) in [6.45, 7) is 3.42. The molecule has 0 radical (unpaired) electrons. The van der Waals surface area contributed by atoms with Crippen molar-refractivity contribution in [2.24, 2.45) is 0 Å². The second-order valence-corrected chi connectivity index (χ2v) is 7.94. The van der Waals surface area contributed by atoms with Crippen molar-refractivity contribution in [3.8, 4) is 0 Å². The third kappa shape index (κ3) is 4.21. The van der Waals surface area contributed by atoms with E-state index >= 15 is 0 Å². The Kier molecular flexibility index (Phi) is 5.94. The summed E-state index contributed by atoms with van der Waals surface area (Å²) in [5.41, 5.74) is 1.91.